The average molecular weight is 364 g/mol. The molecule has 1 saturated heterocycles. The van der Waals surface area contributed by atoms with Crippen LogP contribution in [0.1, 0.15) is 46.9 Å². The zero-order valence-electron chi connectivity index (χ0n) is 13.9. The fourth-order valence-electron chi connectivity index (χ4n) is 3.52. The van der Waals surface area contributed by atoms with Crippen LogP contribution in [-0.2, 0) is 10.0 Å². The van der Waals surface area contributed by atoms with Crippen molar-refractivity contribution < 1.29 is 17.7 Å². The molecule has 1 amide bonds. The molecule has 1 unspecified atom stereocenters. The van der Waals surface area contributed by atoms with Gasteiger partial charge < -0.3 is 9.42 Å². The van der Waals surface area contributed by atoms with E-state index in [2.05, 4.69) is 10.1 Å². The largest absolute Gasteiger partial charge is 0.338 e. The molecule has 2 fully saturated rings. The van der Waals surface area contributed by atoms with E-state index in [1.165, 1.54) is 0 Å². The Balaban J connectivity index is 1.65. The zero-order chi connectivity index (χ0) is 17.8. The van der Waals surface area contributed by atoms with Crippen molar-refractivity contribution in [2.24, 2.45) is 11.1 Å². The fourth-order valence-corrected chi connectivity index (χ4v) is 4.45. The third kappa shape index (κ3) is 3.25. The van der Waals surface area contributed by atoms with Crippen LogP contribution >= 0.6 is 0 Å². The number of amides is 1. The predicted molar refractivity (Wildman–Crippen MR) is 90.5 cm³/mol. The van der Waals surface area contributed by atoms with Gasteiger partial charge in [0, 0.05) is 24.7 Å². The number of likely N-dealkylation sites (tertiary alicyclic amines) is 1. The lowest BCUT2D eigenvalue weighted by Crippen LogP contribution is -2.31. The molecule has 1 atom stereocenters. The Morgan fingerprint density at radius 3 is 2.84 bits per heavy atom. The minimum Gasteiger partial charge on any atom is -0.338 e. The van der Waals surface area contributed by atoms with Crippen molar-refractivity contribution in [1.82, 2.24) is 15.0 Å². The van der Waals surface area contributed by atoms with Crippen LogP contribution in [0.4, 0.5) is 0 Å². The number of hydrogen-bond acceptors (Lipinski definition) is 6. The van der Waals surface area contributed by atoms with Gasteiger partial charge in [0.2, 0.25) is 10.0 Å². The van der Waals surface area contributed by atoms with E-state index in [1.807, 2.05) is 6.07 Å². The summed E-state index contributed by atoms with van der Waals surface area (Å²) < 4.78 is 27.9. The summed E-state index contributed by atoms with van der Waals surface area (Å²) in [4.78, 5) is 19.2. The van der Waals surface area contributed by atoms with Crippen molar-refractivity contribution in [3.63, 3.8) is 0 Å². The van der Waals surface area contributed by atoms with Gasteiger partial charge >= 0.3 is 0 Å². The van der Waals surface area contributed by atoms with Crippen molar-refractivity contribution in [1.29, 1.82) is 0 Å². The Kier molecular flexibility index (Phi) is 3.80. The molecule has 134 valence electrons. The summed E-state index contributed by atoms with van der Waals surface area (Å²) in [5.74, 6) is 0.0395. The summed E-state index contributed by atoms with van der Waals surface area (Å²) in [6, 6.07) is 1.85. The molecule has 2 aliphatic rings. The van der Waals surface area contributed by atoms with Crippen LogP contribution in [0.5, 0.6) is 0 Å². The highest BCUT2D eigenvalue weighted by atomic mass is 32.2. The molecule has 0 aromatic carbocycles. The number of hydrogen-bond donors (Lipinski definition) is 1. The monoisotopic (exact) mass is 364 g/mol. The highest BCUT2D eigenvalue weighted by molar-refractivity contribution is 7.89. The lowest BCUT2D eigenvalue weighted by Gasteiger charge is -2.17. The molecule has 2 N–H and O–H groups in total. The van der Waals surface area contributed by atoms with E-state index in [4.69, 9.17) is 9.66 Å². The van der Waals surface area contributed by atoms with Gasteiger partial charge in [0.1, 0.15) is 0 Å². The smallest absolute Gasteiger partial charge is 0.259 e. The first-order valence-corrected chi connectivity index (χ1v) is 10.1. The standard InChI is InChI=1S/C16H20N4O4S/c1-9-14-12(6-13(11-2-3-11)18-15(14)24-19-9)16(21)20-5-4-10(7-20)8-25(17,22)23/h6,10-11H,2-5,7-8H2,1H3,(H2,17,22,23). The number of rotatable bonds is 4. The van der Waals surface area contributed by atoms with Gasteiger partial charge in [-0.25, -0.2) is 18.5 Å². The number of carbonyl (C=O) groups is 1. The van der Waals surface area contributed by atoms with Crippen LogP contribution in [0.3, 0.4) is 0 Å². The molecule has 1 saturated carbocycles. The molecule has 2 aromatic heterocycles. The maximum atomic E-state index is 13.1. The van der Waals surface area contributed by atoms with Gasteiger partial charge in [-0.2, -0.15) is 0 Å². The third-order valence-corrected chi connectivity index (χ3v) is 5.84. The van der Waals surface area contributed by atoms with E-state index >= 15 is 0 Å². The summed E-state index contributed by atoms with van der Waals surface area (Å²) in [6.07, 6.45) is 2.77. The van der Waals surface area contributed by atoms with Gasteiger partial charge in [0.05, 0.1) is 22.4 Å². The molecule has 1 aliphatic carbocycles. The molecule has 1 aliphatic heterocycles. The summed E-state index contributed by atoms with van der Waals surface area (Å²) in [5, 5.41) is 9.72. The highest BCUT2D eigenvalue weighted by Gasteiger charge is 2.33. The maximum Gasteiger partial charge on any atom is 0.259 e. The second-order valence-electron chi connectivity index (χ2n) is 7.05. The molecular weight excluding hydrogens is 344 g/mol. The van der Waals surface area contributed by atoms with E-state index in [9.17, 15) is 13.2 Å². The lowest BCUT2D eigenvalue weighted by molar-refractivity contribution is 0.0790. The van der Waals surface area contributed by atoms with Crippen LogP contribution < -0.4 is 5.14 Å². The van der Waals surface area contributed by atoms with Crippen LogP contribution in [0.25, 0.3) is 11.1 Å². The number of nitrogens with two attached hydrogens (primary N) is 1. The Bertz CT molecular complexity index is 948. The van der Waals surface area contributed by atoms with Crippen LogP contribution in [0.15, 0.2) is 10.6 Å². The van der Waals surface area contributed by atoms with Gasteiger partial charge in [-0.05, 0) is 38.2 Å². The first kappa shape index (κ1) is 16.5. The van der Waals surface area contributed by atoms with Crippen LogP contribution in [0, 0.1) is 12.8 Å². The first-order valence-electron chi connectivity index (χ1n) is 8.38. The molecule has 0 radical (unpaired) electrons. The van der Waals surface area contributed by atoms with Crippen molar-refractivity contribution in [3.8, 4) is 0 Å². The molecule has 0 bridgehead atoms. The minimum absolute atomic E-state index is 0.0951. The number of aromatic nitrogens is 2. The Morgan fingerprint density at radius 2 is 2.16 bits per heavy atom. The van der Waals surface area contributed by atoms with Gasteiger partial charge in [-0.15, -0.1) is 0 Å². The van der Waals surface area contributed by atoms with Gasteiger partial charge in [0.15, 0.2) is 0 Å². The molecule has 25 heavy (non-hydrogen) atoms. The molecule has 8 nitrogen and oxygen atoms in total. The molecule has 2 aromatic rings. The molecule has 4 rings (SSSR count). The second kappa shape index (κ2) is 5.77. The van der Waals surface area contributed by atoms with E-state index in [0.717, 1.165) is 18.5 Å². The van der Waals surface area contributed by atoms with Gasteiger partial charge in [-0.1, -0.05) is 5.16 Å². The molecule has 9 heteroatoms. The van der Waals surface area contributed by atoms with Crippen LogP contribution in [-0.4, -0.2) is 48.2 Å². The summed E-state index contributed by atoms with van der Waals surface area (Å²) in [7, 11) is -3.54. The third-order valence-electron chi connectivity index (χ3n) is 4.90. The van der Waals surface area contributed by atoms with E-state index in [0.29, 0.717) is 47.8 Å². The topological polar surface area (TPSA) is 119 Å². The number of nitrogens with zero attached hydrogens (tertiary/aromatic N) is 3. The van der Waals surface area contributed by atoms with Crippen molar-refractivity contribution in [2.75, 3.05) is 18.8 Å². The summed E-state index contributed by atoms with van der Waals surface area (Å²) >= 11 is 0. The first-order chi connectivity index (χ1) is 11.8. The maximum absolute atomic E-state index is 13.1. The number of sulfonamides is 1. The lowest BCUT2D eigenvalue weighted by atomic mass is 10.1. The molecule has 3 heterocycles. The van der Waals surface area contributed by atoms with E-state index in [1.54, 1.807) is 11.8 Å². The summed E-state index contributed by atoms with van der Waals surface area (Å²) in [5.41, 5.74) is 2.44. The number of pyridine rings is 1. The average Bonchev–Trinajstić information content (AvgIpc) is 3.19. The van der Waals surface area contributed by atoms with E-state index < -0.39 is 10.0 Å². The SMILES string of the molecule is Cc1noc2nc(C3CC3)cc(C(=O)N3CCC(CS(N)(=O)=O)C3)c12. The Morgan fingerprint density at radius 1 is 1.40 bits per heavy atom. The van der Waals surface area contributed by atoms with E-state index in [-0.39, 0.29) is 17.6 Å². The zero-order valence-corrected chi connectivity index (χ0v) is 14.8. The Hall–Kier alpha value is -2.00. The summed E-state index contributed by atoms with van der Waals surface area (Å²) in [6.45, 7) is 2.70. The number of carbonyl (C=O) groups excluding carboxylic acids is 1. The highest BCUT2D eigenvalue weighted by Crippen LogP contribution is 2.40. The predicted octanol–water partition coefficient (Wildman–Crippen LogP) is 1.16. The molecule has 0 spiro atoms. The van der Waals surface area contributed by atoms with Crippen molar-refractivity contribution in [3.05, 3.63) is 23.0 Å². The van der Waals surface area contributed by atoms with Gasteiger partial charge in [-0.3, -0.25) is 4.79 Å². The minimum atomic E-state index is -3.54. The van der Waals surface area contributed by atoms with Crippen LogP contribution in [0.2, 0.25) is 0 Å². The van der Waals surface area contributed by atoms with Crippen molar-refractivity contribution >= 4 is 27.0 Å². The Labute approximate surface area is 145 Å². The van der Waals surface area contributed by atoms with Gasteiger partial charge in [0.25, 0.3) is 11.6 Å². The molecular formula is C16H20N4O4S. The number of fused-ring (bicyclic) bond motifs is 1. The number of aryl methyl sites for hydroxylation is 1. The second-order valence-corrected chi connectivity index (χ2v) is 8.71. The number of primary sulfonamides is 1. The quantitative estimate of drug-likeness (QED) is 0.869. The normalized spacial score (nSPS) is 21.2. The van der Waals surface area contributed by atoms with Crippen molar-refractivity contribution in [2.45, 2.75) is 32.1 Å². The fraction of sp³-hybridized carbons (Fsp3) is 0.562.